The maximum atomic E-state index is 6.34. The number of benzene rings is 3. The van der Waals surface area contributed by atoms with Crippen LogP contribution < -0.4 is 4.57 Å². The van der Waals surface area contributed by atoms with Crippen molar-refractivity contribution >= 4 is 35.0 Å². The standard InChI is InChI=1S/C27H27Cl2N2OS/c28-24-11-7-22(8-12-24)20-32-27(23-9-13-25(29)14-10-23)19-31-17-16-30(21-31)15-4-18-33-26-5-2-1-3-6-26/h1-3,5-14,16-17,21,27H,4,15,18-20H2/q+1. The summed E-state index contributed by atoms with van der Waals surface area (Å²) in [6.07, 6.45) is 7.42. The second-order valence-electron chi connectivity index (χ2n) is 7.84. The fraction of sp³-hybridized carbons (Fsp3) is 0.222. The van der Waals surface area contributed by atoms with Crippen molar-refractivity contribution in [2.75, 3.05) is 5.75 Å². The van der Waals surface area contributed by atoms with Gasteiger partial charge in [-0.05, 0) is 53.9 Å². The van der Waals surface area contributed by atoms with Crippen molar-refractivity contribution in [3.63, 3.8) is 0 Å². The largest absolute Gasteiger partial charge is 0.365 e. The Bertz CT molecular complexity index is 1120. The fourth-order valence-corrected chi connectivity index (χ4v) is 4.64. The van der Waals surface area contributed by atoms with E-state index in [9.17, 15) is 0 Å². The number of halogens is 2. The van der Waals surface area contributed by atoms with E-state index in [1.54, 1.807) is 0 Å². The molecule has 0 N–H and O–H groups in total. The first-order chi connectivity index (χ1) is 16.2. The van der Waals surface area contributed by atoms with E-state index in [0.717, 1.165) is 46.4 Å². The normalized spacial score (nSPS) is 12.1. The summed E-state index contributed by atoms with van der Waals surface area (Å²) in [5, 5.41) is 1.45. The predicted molar refractivity (Wildman–Crippen MR) is 137 cm³/mol. The number of aromatic nitrogens is 2. The molecule has 0 fully saturated rings. The molecule has 1 heterocycles. The Morgan fingerprint density at radius 3 is 2.30 bits per heavy atom. The number of hydrogen-bond acceptors (Lipinski definition) is 2. The van der Waals surface area contributed by atoms with Crippen LogP contribution in [0.25, 0.3) is 0 Å². The topological polar surface area (TPSA) is 18.0 Å². The van der Waals surface area contributed by atoms with E-state index in [2.05, 4.69) is 58.2 Å². The van der Waals surface area contributed by atoms with Gasteiger partial charge in [0.1, 0.15) is 25.0 Å². The Kier molecular flexibility index (Phi) is 8.90. The molecule has 1 atom stereocenters. The summed E-state index contributed by atoms with van der Waals surface area (Å²) in [5.41, 5.74) is 2.20. The van der Waals surface area contributed by atoms with Crippen molar-refractivity contribution < 1.29 is 9.30 Å². The first-order valence-electron chi connectivity index (χ1n) is 11.0. The average molecular weight is 498 g/mol. The highest BCUT2D eigenvalue weighted by atomic mass is 35.5. The molecule has 0 saturated carbocycles. The zero-order chi connectivity index (χ0) is 22.9. The minimum absolute atomic E-state index is 0.0903. The predicted octanol–water partition coefficient (Wildman–Crippen LogP) is 7.22. The van der Waals surface area contributed by atoms with Crippen molar-refractivity contribution in [3.05, 3.63) is 119 Å². The molecule has 1 aromatic heterocycles. The zero-order valence-electron chi connectivity index (χ0n) is 18.3. The third-order valence-corrected chi connectivity index (χ3v) is 6.90. The molecular weight excluding hydrogens is 471 g/mol. The van der Waals surface area contributed by atoms with Gasteiger partial charge in [-0.2, -0.15) is 0 Å². The number of rotatable bonds is 11. The number of aryl methyl sites for hydroxylation is 1. The van der Waals surface area contributed by atoms with E-state index < -0.39 is 0 Å². The third-order valence-electron chi connectivity index (χ3n) is 5.30. The molecule has 170 valence electrons. The Hall–Kier alpha value is -2.24. The summed E-state index contributed by atoms with van der Waals surface area (Å²) < 4.78 is 10.8. The van der Waals surface area contributed by atoms with Crippen molar-refractivity contribution in [2.24, 2.45) is 0 Å². The van der Waals surface area contributed by atoms with Gasteiger partial charge in [-0.15, -0.1) is 11.8 Å². The van der Waals surface area contributed by atoms with Gasteiger partial charge < -0.3 is 4.74 Å². The van der Waals surface area contributed by atoms with Crippen LogP contribution in [-0.4, -0.2) is 10.3 Å². The minimum atomic E-state index is -0.0903. The van der Waals surface area contributed by atoms with Crippen molar-refractivity contribution in [3.8, 4) is 0 Å². The number of hydrogen-bond donors (Lipinski definition) is 0. The fourth-order valence-electron chi connectivity index (χ4n) is 3.53. The Balaban J connectivity index is 1.34. The molecule has 0 aliphatic rings. The SMILES string of the molecule is Clc1ccc(COC(C[n+]2ccn(CCCSc3ccccc3)c2)c2ccc(Cl)cc2)cc1. The van der Waals surface area contributed by atoms with Crippen molar-refractivity contribution in [2.45, 2.75) is 37.1 Å². The van der Waals surface area contributed by atoms with Gasteiger partial charge in [0.25, 0.3) is 0 Å². The van der Waals surface area contributed by atoms with Crippen LogP contribution in [0.5, 0.6) is 0 Å². The Labute approximate surface area is 209 Å². The van der Waals surface area contributed by atoms with E-state index in [0.29, 0.717) is 6.61 Å². The van der Waals surface area contributed by atoms with E-state index in [1.165, 1.54) is 4.90 Å². The van der Waals surface area contributed by atoms with Gasteiger partial charge in [-0.1, -0.05) is 65.7 Å². The van der Waals surface area contributed by atoms with Crippen LogP contribution in [0.1, 0.15) is 23.7 Å². The average Bonchev–Trinajstić information content (AvgIpc) is 3.29. The molecule has 0 spiro atoms. The summed E-state index contributed by atoms with van der Waals surface area (Å²) >= 11 is 14.0. The van der Waals surface area contributed by atoms with Gasteiger partial charge in [0.05, 0.1) is 13.2 Å². The molecule has 3 nitrogen and oxygen atoms in total. The van der Waals surface area contributed by atoms with E-state index >= 15 is 0 Å². The molecule has 0 bridgehead atoms. The molecule has 4 aromatic rings. The quantitative estimate of drug-likeness (QED) is 0.123. The smallest absolute Gasteiger partial charge is 0.243 e. The highest BCUT2D eigenvalue weighted by molar-refractivity contribution is 7.99. The minimum Gasteiger partial charge on any atom is -0.365 e. The summed E-state index contributed by atoms with van der Waals surface area (Å²) in [4.78, 5) is 1.32. The van der Waals surface area contributed by atoms with Crippen LogP contribution in [0, 0.1) is 0 Å². The number of thioether (sulfide) groups is 1. The van der Waals surface area contributed by atoms with Crippen LogP contribution in [0.4, 0.5) is 0 Å². The zero-order valence-corrected chi connectivity index (χ0v) is 20.6. The number of ether oxygens (including phenoxy) is 1. The lowest BCUT2D eigenvalue weighted by Gasteiger charge is -2.17. The summed E-state index contributed by atoms with van der Waals surface area (Å²) in [7, 11) is 0. The van der Waals surface area contributed by atoms with Gasteiger partial charge in [-0.25, -0.2) is 9.13 Å². The molecule has 4 rings (SSSR count). The molecule has 1 unspecified atom stereocenters. The van der Waals surface area contributed by atoms with Crippen molar-refractivity contribution in [1.82, 2.24) is 4.57 Å². The highest BCUT2D eigenvalue weighted by Gasteiger charge is 2.17. The lowest BCUT2D eigenvalue weighted by atomic mass is 10.1. The van der Waals surface area contributed by atoms with Crippen LogP contribution in [0.3, 0.4) is 0 Å². The third kappa shape index (κ3) is 7.65. The maximum Gasteiger partial charge on any atom is 0.243 e. The van der Waals surface area contributed by atoms with Gasteiger partial charge in [0.15, 0.2) is 0 Å². The van der Waals surface area contributed by atoms with Gasteiger partial charge in [-0.3, -0.25) is 0 Å². The molecule has 0 amide bonds. The van der Waals surface area contributed by atoms with Crippen LogP contribution >= 0.6 is 35.0 Å². The Morgan fingerprint density at radius 1 is 0.879 bits per heavy atom. The summed E-state index contributed by atoms with van der Waals surface area (Å²) in [6.45, 7) is 2.23. The van der Waals surface area contributed by atoms with Crippen LogP contribution in [-0.2, 0) is 24.4 Å². The maximum absolute atomic E-state index is 6.34. The molecule has 6 heteroatoms. The molecule has 33 heavy (non-hydrogen) atoms. The van der Waals surface area contributed by atoms with Gasteiger partial charge in [0, 0.05) is 20.7 Å². The van der Waals surface area contributed by atoms with Crippen LogP contribution in [0.2, 0.25) is 10.0 Å². The number of nitrogens with zero attached hydrogens (tertiary/aromatic N) is 2. The molecule has 0 aliphatic heterocycles. The monoisotopic (exact) mass is 497 g/mol. The van der Waals surface area contributed by atoms with Gasteiger partial charge >= 0.3 is 0 Å². The number of imidazole rings is 1. The second-order valence-corrected chi connectivity index (χ2v) is 9.88. The lowest BCUT2D eigenvalue weighted by molar-refractivity contribution is -0.704. The second kappa shape index (κ2) is 12.3. The molecule has 3 aromatic carbocycles. The molecular formula is C27H27Cl2N2OS+. The first kappa shape index (κ1) is 23.9. The lowest BCUT2D eigenvalue weighted by Crippen LogP contribution is -2.35. The first-order valence-corrected chi connectivity index (χ1v) is 12.7. The van der Waals surface area contributed by atoms with Crippen molar-refractivity contribution in [1.29, 1.82) is 0 Å². The summed E-state index contributed by atoms with van der Waals surface area (Å²) in [5.74, 6) is 1.10. The van der Waals surface area contributed by atoms with Gasteiger partial charge in [0.2, 0.25) is 6.33 Å². The molecule has 0 aliphatic carbocycles. The molecule has 0 radical (unpaired) electrons. The van der Waals surface area contributed by atoms with E-state index in [-0.39, 0.29) is 6.10 Å². The van der Waals surface area contributed by atoms with E-state index in [4.69, 9.17) is 27.9 Å². The van der Waals surface area contributed by atoms with E-state index in [1.807, 2.05) is 60.3 Å². The Morgan fingerprint density at radius 2 is 1.58 bits per heavy atom. The highest BCUT2D eigenvalue weighted by Crippen LogP contribution is 2.22. The summed E-state index contributed by atoms with van der Waals surface area (Å²) in [6, 6.07) is 26.2. The van der Waals surface area contributed by atoms with Crippen LogP contribution in [0.15, 0.2) is 102 Å². The molecule has 0 saturated heterocycles.